The van der Waals surface area contributed by atoms with Crippen LogP contribution in [0.5, 0.6) is 0 Å². The van der Waals surface area contributed by atoms with E-state index >= 15 is 0 Å². The van der Waals surface area contributed by atoms with Gasteiger partial charge in [0.1, 0.15) is 0 Å². The molecule has 0 rings (SSSR count). The largest absolute Gasteiger partial charge is 0.466 e. The number of rotatable bonds is 8. The Hall–Kier alpha value is -0.610. The van der Waals surface area contributed by atoms with E-state index in [-0.39, 0.29) is 11.9 Å². The van der Waals surface area contributed by atoms with E-state index in [0.29, 0.717) is 26.2 Å². The normalized spacial score (nSPS) is 12.5. The number of methoxy groups -OCH3 is 1. The van der Waals surface area contributed by atoms with Crippen molar-refractivity contribution in [2.75, 3.05) is 26.9 Å². The molecule has 0 saturated carbocycles. The predicted molar refractivity (Wildman–Crippen MR) is 54.9 cm³/mol. The zero-order chi connectivity index (χ0) is 10.8. The minimum Gasteiger partial charge on any atom is -0.466 e. The number of hydrogen-bond acceptors (Lipinski definition) is 4. The molecule has 0 heterocycles. The van der Waals surface area contributed by atoms with Gasteiger partial charge in [-0.05, 0) is 12.5 Å². The summed E-state index contributed by atoms with van der Waals surface area (Å²) in [7, 11) is 1.63. The summed E-state index contributed by atoms with van der Waals surface area (Å²) in [6, 6.07) is 0. The van der Waals surface area contributed by atoms with Crippen LogP contribution < -0.4 is 5.73 Å². The molecule has 4 nitrogen and oxygen atoms in total. The molecule has 0 amide bonds. The van der Waals surface area contributed by atoms with Crippen LogP contribution in [0.25, 0.3) is 0 Å². The van der Waals surface area contributed by atoms with Crippen LogP contribution in [0, 0.1) is 5.92 Å². The fourth-order valence-corrected chi connectivity index (χ4v) is 1.08. The molecule has 0 aromatic carbocycles. The Morgan fingerprint density at radius 3 is 2.64 bits per heavy atom. The maximum absolute atomic E-state index is 11.2. The van der Waals surface area contributed by atoms with Gasteiger partial charge >= 0.3 is 5.97 Å². The van der Waals surface area contributed by atoms with Gasteiger partial charge in [-0.3, -0.25) is 4.79 Å². The summed E-state index contributed by atoms with van der Waals surface area (Å²) >= 11 is 0. The van der Waals surface area contributed by atoms with Crippen LogP contribution in [0.1, 0.15) is 26.2 Å². The van der Waals surface area contributed by atoms with Crippen LogP contribution >= 0.6 is 0 Å². The van der Waals surface area contributed by atoms with Crippen molar-refractivity contribution in [3.05, 3.63) is 0 Å². The monoisotopic (exact) mass is 203 g/mol. The molecule has 14 heavy (non-hydrogen) atoms. The van der Waals surface area contributed by atoms with Gasteiger partial charge in [0.25, 0.3) is 0 Å². The van der Waals surface area contributed by atoms with Gasteiger partial charge in [0, 0.05) is 26.6 Å². The van der Waals surface area contributed by atoms with Crippen LogP contribution in [0.15, 0.2) is 0 Å². The maximum Gasteiger partial charge on any atom is 0.306 e. The van der Waals surface area contributed by atoms with Crippen molar-refractivity contribution in [3.63, 3.8) is 0 Å². The second-order valence-corrected chi connectivity index (χ2v) is 3.28. The predicted octanol–water partition coefficient (Wildman–Crippen LogP) is 0.941. The van der Waals surface area contributed by atoms with Crippen molar-refractivity contribution >= 4 is 5.97 Å². The molecule has 84 valence electrons. The van der Waals surface area contributed by atoms with Gasteiger partial charge in [-0.2, -0.15) is 0 Å². The SMILES string of the molecule is CCC(CN)CC(=O)OCCCOC. The summed E-state index contributed by atoms with van der Waals surface area (Å²) in [4.78, 5) is 11.2. The molecule has 4 heteroatoms. The molecule has 2 N–H and O–H groups in total. The highest BCUT2D eigenvalue weighted by atomic mass is 16.5. The quantitative estimate of drug-likeness (QED) is 0.471. The van der Waals surface area contributed by atoms with Crippen molar-refractivity contribution in [1.82, 2.24) is 0 Å². The number of carbonyl (C=O) groups is 1. The molecule has 0 bridgehead atoms. The van der Waals surface area contributed by atoms with Gasteiger partial charge in [-0.1, -0.05) is 13.3 Å². The van der Waals surface area contributed by atoms with Crippen LogP contribution in [0.2, 0.25) is 0 Å². The molecular formula is C10H21NO3. The van der Waals surface area contributed by atoms with Crippen LogP contribution in [0.4, 0.5) is 0 Å². The summed E-state index contributed by atoms with van der Waals surface area (Å²) in [5.41, 5.74) is 5.48. The first-order chi connectivity index (χ1) is 6.74. The van der Waals surface area contributed by atoms with Gasteiger partial charge in [0.15, 0.2) is 0 Å². The van der Waals surface area contributed by atoms with Crippen LogP contribution in [-0.2, 0) is 14.3 Å². The standard InChI is InChI=1S/C10H21NO3/c1-3-9(8-11)7-10(12)14-6-4-5-13-2/h9H,3-8,11H2,1-2H3. The van der Waals surface area contributed by atoms with Gasteiger partial charge in [0.05, 0.1) is 6.61 Å². The van der Waals surface area contributed by atoms with E-state index < -0.39 is 0 Å². The Kier molecular flexibility index (Phi) is 8.57. The van der Waals surface area contributed by atoms with E-state index in [4.69, 9.17) is 15.2 Å². The van der Waals surface area contributed by atoms with Crippen LogP contribution in [-0.4, -0.2) is 32.8 Å². The lowest BCUT2D eigenvalue weighted by Gasteiger charge is -2.11. The molecule has 1 unspecified atom stereocenters. The summed E-state index contributed by atoms with van der Waals surface area (Å²) in [5, 5.41) is 0. The maximum atomic E-state index is 11.2. The minimum absolute atomic E-state index is 0.154. The van der Waals surface area contributed by atoms with Gasteiger partial charge < -0.3 is 15.2 Å². The Labute approximate surface area is 85.8 Å². The lowest BCUT2D eigenvalue weighted by molar-refractivity contribution is -0.145. The molecule has 0 radical (unpaired) electrons. The van der Waals surface area contributed by atoms with E-state index in [1.807, 2.05) is 6.92 Å². The Morgan fingerprint density at radius 1 is 1.43 bits per heavy atom. The van der Waals surface area contributed by atoms with Crippen molar-refractivity contribution < 1.29 is 14.3 Å². The minimum atomic E-state index is -0.154. The summed E-state index contributed by atoms with van der Waals surface area (Å²) in [5.74, 6) is 0.100. The molecule has 0 fully saturated rings. The summed E-state index contributed by atoms with van der Waals surface area (Å²) in [6.07, 6.45) is 2.10. The molecule has 1 atom stereocenters. The molecule has 0 aliphatic rings. The molecule has 0 aromatic heterocycles. The van der Waals surface area contributed by atoms with E-state index in [0.717, 1.165) is 12.8 Å². The molecule has 0 spiro atoms. The van der Waals surface area contributed by atoms with Crippen molar-refractivity contribution in [1.29, 1.82) is 0 Å². The number of carbonyl (C=O) groups excluding carboxylic acids is 1. The molecule has 0 aliphatic heterocycles. The number of nitrogens with two attached hydrogens (primary N) is 1. The first-order valence-corrected chi connectivity index (χ1v) is 5.09. The molecular weight excluding hydrogens is 182 g/mol. The first-order valence-electron chi connectivity index (χ1n) is 5.09. The van der Waals surface area contributed by atoms with Gasteiger partial charge in [-0.15, -0.1) is 0 Å². The highest BCUT2D eigenvalue weighted by Crippen LogP contribution is 2.06. The third-order valence-corrected chi connectivity index (χ3v) is 2.12. The highest BCUT2D eigenvalue weighted by molar-refractivity contribution is 5.69. The fourth-order valence-electron chi connectivity index (χ4n) is 1.08. The molecule has 0 saturated heterocycles. The first kappa shape index (κ1) is 13.4. The average Bonchev–Trinajstić information content (AvgIpc) is 2.21. The van der Waals surface area contributed by atoms with Crippen LogP contribution in [0.3, 0.4) is 0 Å². The summed E-state index contributed by atoms with van der Waals surface area (Å²) < 4.78 is 9.84. The van der Waals surface area contributed by atoms with E-state index in [1.165, 1.54) is 0 Å². The lowest BCUT2D eigenvalue weighted by atomic mass is 10.0. The number of esters is 1. The second kappa shape index (κ2) is 8.97. The Balaban J connectivity index is 3.44. The van der Waals surface area contributed by atoms with Gasteiger partial charge in [-0.25, -0.2) is 0 Å². The molecule has 0 aromatic rings. The lowest BCUT2D eigenvalue weighted by Crippen LogP contribution is -2.19. The Bertz CT molecular complexity index is 146. The number of hydrogen-bond donors (Lipinski definition) is 1. The third kappa shape index (κ3) is 6.86. The highest BCUT2D eigenvalue weighted by Gasteiger charge is 2.10. The smallest absolute Gasteiger partial charge is 0.306 e. The average molecular weight is 203 g/mol. The molecule has 0 aliphatic carbocycles. The van der Waals surface area contributed by atoms with Gasteiger partial charge in [0.2, 0.25) is 0 Å². The van der Waals surface area contributed by atoms with Crippen molar-refractivity contribution in [2.24, 2.45) is 11.7 Å². The number of ether oxygens (including phenoxy) is 2. The van der Waals surface area contributed by atoms with E-state index in [2.05, 4.69) is 0 Å². The van der Waals surface area contributed by atoms with E-state index in [9.17, 15) is 4.79 Å². The third-order valence-electron chi connectivity index (χ3n) is 2.12. The fraction of sp³-hybridized carbons (Fsp3) is 0.900. The van der Waals surface area contributed by atoms with Crippen molar-refractivity contribution in [3.8, 4) is 0 Å². The zero-order valence-electron chi connectivity index (χ0n) is 9.12. The van der Waals surface area contributed by atoms with E-state index in [1.54, 1.807) is 7.11 Å². The second-order valence-electron chi connectivity index (χ2n) is 3.28. The topological polar surface area (TPSA) is 61.6 Å². The Morgan fingerprint density at radius 2 is 2.14 bits per heavy atom. The van der Waals surface area contributed by atoms with Crippen molar-refractivity contribution in [2.45, 2.75) is 26.2 Å². The zero-order valence-corrected chi connectivity index (χ0v) is 9.12. The summed E-state index contributed by atoms with van der Waals surface area (Å²) in [6.45, 7) is 3.63.